The molecule has 148 valence electrons. The first-order chi connectivity index (χ1) is 14.2. The maximum absolute atomic E-state index is 13.0. The molecule has 4 nitrogen and oxygen atoms in total. The summed E-state index contributed by atoms with van der Waals surface area (Å²) in [6, 6.07) is 25.3. The molecule has 0 bridgehead atoms. The zero-order valence-corrected chi connectivity index (χ0v) is 16.9. The van der Waals surface area contributed by atoms with Crippen LogP contribution >= 0.6 is 11.6 Å². The van der Waals surface area contributed by atoms with Crippen molar-refractivity contribution >= 4 is 23.2 Å². The number of hydrogen-bond donors (Lipinski definition) is 0. The summed E-state index contributed by atoms with van der Waals surface area (Å²) in [5.74, 6) is 0.708. The number of carbonyl (C=O) groups excluding carboxylic acids is 1. The molecule has 0 radical (unpaired) electrons. The normalized spacial score (nSPS) is 14.0. The van der Waals surface area contributed by atoms with Crippen LogP contribution in [0.5, 0.6) is 5.75 Å². The van der Waals surface area contributed by atoms with Crippen LogP contribution in [0.1, 0.15) is 15.9 Å². The molecule has 0 aliphatic carbocycles. The monoisotopic (exact) mass is 406 g/mol. The van der Waals surface area contributed by atoms with Gasteiger partial charge in [-0.05, 0) is 36.4 Å². The lowest BCUT2D eigenvalue weighted by Gasteiger charge is -2.36. The van der Waals surface area contributed by atoms with Crippen molar-refractivity contribution in [1.29, 1.82) is 0 Å². The number of benzene rings is 3. The van der Waals surface area contributed by atoms with Crippen LogP contribution in [0.4, 0.5) is 5.69 Å². The maximum atomic E-state index is 13.0. The Morgan fingerprint density at radius 3 is 2.34 bits per heavy atom. The van der Waals surface area contributed by atoms with Gasteiger partial charge in [0.15, 0.2) is 0 Å². The Kier molecular flexibility index (Phi) is 6.01. The Balaban J connectivity index is 1.37. The van der Waals surface area contributed by atoms with E-state index in [9.17, 15) is 4.79 Å². The Labute approximate surface area is 176 Å². The van der Waals surface area contributed by atoms with Crippen LogP contribution in [-0.4, -0.2) is 37.0 Å². The average molecular weight is 407 g/mol. The van der Waals surface area contributed by atoms with E-state index in [2.05, 4.69) is 17.0 Å². The number of ether oxygens (including phenoxy) is 1. The van der Waals surface area contributed by atoms with E-state index in [4.69, 9.17) is 16.3 Å². The number of para-hydroxylation sites is 1. The van der Waals surface area contributed by atoms with E-state index in [-0.39, 0.29) is 5.91 Å². The van der Waals surface area contributed by atoms with Crippen molar-refractivity contribution in [2.75, 3.05) is 31.1 Å². The van der Waals surface area contributed by atoms with Crippen molar-refractivity contribution in [3.05, 3.63) is 95.0 Å². The molecule has 1 fully saturated rings. The standard InChI is InChI=1S/C24H23ClN2O2/c25-23-12-5-4-7-20(23)18-29-22-11-6-8-19(17-22)24(28)27-15-13-26(14-16-27)21-9-2-1-3-10-21/h1-12,17H,13-16,18H2. The second-order valence-corrected chi connectivity index (χ2v) is 7.43. The number of nitrogens with zero attached hydrogens (tertiary/aromatic N) is 2. The first-order valence-corrected chi connectivity index (χ1v) is 10.1. The van der Waals surface area contributed by atoms with Gasteiger partial charge in [-0.3, -0.25) is 4.79 Å². The Bertz CT molecular complexity index is 969. The van der Waals surface area contributed by atoms with E-state index < -0.39 is 0 Å². The first kappa shape index (κ1) is 19.3. The predicted octanol–water partition coefficient (Wildman–Crippen LogP) is 4.88. The highest BCUT2D eigenvalue weighted by Gasteiger charge is 2.22. The highest BCUT2D eigenvalue weighted by atomic mass is 35.5. The summed E-state index contributed by atoms with van der Waals surface area (Å²) in [6.45, 7) is 3.45. The first-order valence-electron chi connectivity index (χ1n) is 9.76. The van der Waals surface area contributed by atoms with Crippen LogP contribution in [0.2, 0.25) is 5.02 Å². The van der Waals surface area contributed by atoms with Gasteiger partial charge in [0.1, 0.15) is 12.4 Å². The van der Waals surface area contributed by atoms with Crippen LogP contribution in [0.3, 0.4) is 0 Å². The third-order valence-corrected chi connectivity index (χ3v) is 5.49. The smallest absolute Gasteiger partial charge is 0.254 e. The molecule has 5 heteroatoms. The lowest BCUT2D eigenvalue weighted by molar-refractivity contribution is 0.0746. The second-order valence-electron chi connectivity index (χ2n) is 7.02. The fourth-order valence-electron chi connectivity index (χ4n) is 3.48. The van der Waals surface area contributed by atoms with Crippen molar-refractivity contribution < 1.29 is 9.53 Å². The van der Waals surface area contributed by atoms with E-state index in [1.165, 1.54) is 5.69 Å². The minimum Gasteiger partial charge on any atom is -0.489 e. The van der Waals surface area contributed by atoms with E-state index in [1.807, 2.05) is 71.6 Å². The molecule has 1 amide bonds. The largest absolute Gasteiger partial charge is 0.489 e. The number of piperazine rings is 1. The summed E-state index contributed by atoms with van der Waals surface area (Å²) in [4.78, 5) is 17.2. The molecular weight excluding hydrogens is 384 g/mol. The average Bonchev–Trinajstić information content (AvgIpc) is 2.79. The third-order valence-electron chi connectivity index (χ3n) is 5.12. The third kappa shape index (κ3) is 4.72. The summed E-state index contributed by atoms with van der Waals surface area (Å²) in [7, 11) is 0. The maximum Gasteiger partial charge on any atom is 0.254 e. The molecule has 3 aromatic rings. The van der Waals surface area contributed by atoms with Crippen LogP contribution < -0.4 is 9.64 Å². The molecule has 29 heavy (non-hydrogen) atoms. The molecule has 0 spiro atoms. The van der Waals surface area contributed by atoms with Crippen molar-refractivity contribution in [3.63, 3.8) is 0 Å². The molecule has 0 N–H and O–H groups in total. The van der Waals surface area contributed by atoms with Gasteiger partial charge >= 0.3 is 0 Å². The van der Waals surface area contributed by atoms with Gasteiger partial charge in [-0.1, -0.05) is 54.1 Å². The number of hydrogen-bond acceptors (Lipinski definition) is 3. The van der Waals surface area contributed by atoms with Gasteiger partial charge in [0, 0.05) is 48.0 Å². The van der Waals surface area contributed by atoms with Gasteiger partial charge in [-0.25, -0.2) is 0 Å². The van der Waals surface area contributed by atoms with Gasteiger partial charge in [0.05, 0.1) is 0 Å². The quantitative estimate of drug-likeness (QED) is 0.605. The van der Waals surface area contributed by atoms with Crippen LogP contribution in [0, 0.1) is 0 Å². The van der Waals surface area contributed by atoms with Crippen molar-refractivity contribution in [2.24, 2.45) is 0 Å². The summed E-state index contributed by atoms with van der Waals surface area (Å²) >= 11 is 6.19. The summed E-state index contributed by atoms with van der Waals surface area (Å²) in [5.41, 5.74) is 2.77. The second kappa shape index (κ2) is 9.01. The number of amides is 1. The lowest BCUT2D eigenvalue weighted by atomic mass is 10.1. The van der Waals surface area contributed by atoms with Crippen molar-refractivity contribution in [2.45, 2.75) is 6.61 Å². The molecule has 0 unspecified atom stereocenters. The Morgan fingerprint density at radius 1 is 0.862 bits per heavy atom. The van der Waals surface area contributed by atoms with Gasteiger partial charge in [-0.15, -0.1) is 0 Å². The molecule has 1 heterocycles. The zero-order chi connectivity index (χ0) is 20.1. The van der Waals surface area contributed by atoms with E-state index in [1.54, 1.807) is 0 Å². The highest BCUT2D eigenvalue weighted by molar-refractivity contribution is 6.31. The number of rotatable bonds is 5. The van der Waals surface area contributed by atoms with Gasteiger partial charge in [0.2, 0.25) is 0 Å². The van der Waals surface area contributed by atoms with E-state index >= 15 is 0 Å². The zero-order valence-electron chi connectivity index (χ0n) is 16.1. The van der Waals surface area contributed by atoms with Crippen LogP contribution in [0.25, 0.3) is 0 Å². The SMILES string of the molecule is O=C(c1cccc(OCc2ccccc2Cl)c1)N1CCN(c2ccccc2)CC1. The summed E-state index contributed by atoms with van der Waals surface area (Å²) in [6.07, 6.45) is 0. The van der Waals surface area contributed by atoms with E-state index in [0.29, 0.717) is 36.0 Å². The van der Waals surface area contributed by atoms with Gasteiger partial charge < -0.3 is 14.5 Å². The van der Waals surface area contributed by atoms with E-state index in [0.717, 1.165) is 18.7 Å². The fraction of sp³-hybridized carbons (Fsp3) is 0.208. The minimum absolute atomic E-state index is 0.0425. The Hall–Kier alpha value is -2.98. The fourth-order valence-corrected chi connectivity index (χ4v) is 3.67. The van der Waals surface area contributed by atoms with Gasteiger partial charge in [0.25, 0.3) is 5.91 Å². The molecule has 4 rings (SSSR count). The molecule has 0 saturated carbocycles. The van der Waals surface area contributed by atoms with Crippen LogP contribution in [0.15, 0.2) is 78.9 Å². The summed E-state index contributed by atoms with van der Waals surface area (Å²) < 4.78 is 5.86. The van der Waals surface area contributed by atoms with Crippen molar-refractivity contribution in [1.82, 2.24) is 4.90 Å². The predicted molar refractivity (Wildman–Crippen MR) is 117 cm³/mol. The Morgan fingerprint density at radius 2 is 1.59 bits per heavy atom. The topological polar surface area (TPSA) is 32.8 Å². The van der Waals surface area contributed by atoms with Gasteiger partial charge in [-0.2, -0.15) is 0 Å². The number of carbonyl (C=O) groups is 1. The molecule has 3 aromatic carbocycles. The van der Waals surface area contributed by atoms with Crippen LogP contribution in [-0.2, 0) is 6.61 Å². The lowest BCUT2D eigenvalue weighted by Crippen LogP contribution is -2.48. The molecule has 1 aliphatic heterocycles. The molecule has 1 aliphatic rings. The number of anilines is 1. The molecule has 1 saturated heterocycles. The highest BCUT2D eigenvalue weighted by Crippen LogP contribution is 2.21. The molecule has 0 aromatic heterocycles. The number of halogens is 1. The molecular formula is C24H23ClN2O2. The molecule has 0 atom stereocenters. The van der Waals surface area contributed by atoms with Crippen molar-refractivity contribution in [3.8, 4) is 5.75 Å². The summed E-state index contributed by atoms with van der Waals surface area (Å²) in [5, 5.41) is 0.677. The minimum atomic E-state index is 0.0425.